The number of aromatic carboxylic acids is 1. The molecule has 1 N–H and O–H groups in total. The fourth-order valence-electron chi connectivity index (χ4n) is 2.23. The summed E-state index contributed by atoms with van der Waals surface area (Å²) in [7, 11) is 1.59. The van der Waals surface area contributed by atoms with Gasteiger partial charge in [0.1, 0.15) is 5.56 Å². The fraction of sp³-hybridized carbons (Fsp3) is 0.294. The molecule has 0 bridgehead atoms. The minimum atomic E-state index is -1.20. The molecule has 1 heterocycles. The van der Waals surface area contributed by atoms with Crippen molar-refractivity contribution in [3.05, 3.63) is 57.9 Å². The Balaban J connectivity index is 2.51. The molecule has 0 unspecified atom stereocenters. The predicted molar refractivity (Wildman–Crippen MR) is 82.8 cm³/mol. The molecule has 0 saturated carbocycles. The highest BCUT2D eigenvalue weighted by atomic mass is 16.4. The van der Waals surface area contributed by atoms with Gasteiger partial charge in [-0.15, -0.1) is 0 Å². The normalized spacial score (nSPS) is 11.4. The maximum Gasteiger partial charge on any atom is 0.341 e. The van der Waals surface area contributed by atoms with Gasteiger partial charge in [-0.25, -0.2) is 4.79 Å². The second-order valence-corrected chi connectivity index (χ2v) is 6.13. The van der Waals surface area contributed by atoms with E-state index in [1.54, 1.807) is 13.1 Å². The van der Waals surface area contributed by atoms with E-state index in [4.69, 9.17) is 5.11 Å². The number of hydrogen-bond acceptors (Lipinski definition) is 2. The number of hydrogen-bond donors (Lipinski definition) is 1. The Hall–Kier alpha value is -2.36. The van der Waals surface area contributed by atoms with E-state index in [-0.39, 0.29) is 11.0 Å². The van der Waals surface area contributed by atoms with Gasteiger partial charge in [0.05, 0.1) is 5.69 Å². The van der Waals surface area contributed by atoms with Crippen molar-refractivity contribution in [2.75, 3.05) is 0 Å². The molecular formula is C17H19NO3. The monoisotopic (exact) mass is 285 g/mol. The summed E-state index contributed by atoms with van der Waals surface area (Å²) in [5.74, 6) is -1.20. The summed E-state index contributed by atoms with van der Waals surface area (Å²) in [5.41, 5.74) is 2.15. The van der Waals surface area contributed by atoms with E-state index in [2.05, 4.69) is 20.8 Å². The first-order valence-electron chi connectivity index (χ1n) is 6.76. The Labute approximate surface area is 123 Å². The molecule has 0 saturated heterocycles. The second-order valence-electron chi connectivity index (χ2n) is 6.13. The smallest absolute Gasteiger partial charge is 0.341 e. The topological polar surface area (TPSA) is 59.3 Å². The highest BCUT2D eigenvalue weighted by Crippen LogP contribution is 2.25. The van der Waals surface area contributed by atoms with Crippen LogP contribution in [0.5, 0.6) is 0 Å². The third-order valence-corrected chi connectivity index (χ3v) is 3.58. The highest BCUT2D eigenvalue weighted by molar-refractivity contribution is 5.87. The Morgan fingerprint density at radius 3 is 2.10 bits per heavy atom. The molecule has 0 atom stereocenters. The number of carbonyl (C=O) groups is 1. The van der Waals surface area contributed by atoms with Crippen molar-refractivity contribution in [3.8, 4) is 11.3 Å². The Morgan fingerprint density at radius 1 is 1.05 bits per heavy atom. The fourth-order valence-corrected chi connectivity index (χ4v) is 2.23. The summed E-state index contributed by atoms with van der Waals surface area (Å²) in [6.45, 7) is 6.41. The minimum absolute atomic E-state index is 0.0670. The number of aromatic nitrogens is 1. The molecule has 1 aromatic carbocycles. The zero-order valence-corrected chi connectivity index (χ0v) is 12.7. The number of rotatable bonds is 2. The van der Waals surface area contributed by atoms with Crippen LogP contribution >= 0.6 is 0 Å². The Kier molecular flexibility index (Phi) is 3.73. The van der Waals surface area contributed by atoms with Crippen molar-refractivity contribution in [2.45, 2.75) is 26.2 Å². The molecule has 4 heteroatoms. The average Bonchev–Trinajstić information content (AvgIpc) is 2.40. The average molecular weight is 285 g/mol. The van der Waals surface area contributed by atoms with E-state index < -0.39 is 11.5 Å². The van der Waals surface area contributed by atoms with Gasteiger partial charge in [0.25, 0.3) is 5.56 Å². The van der Waals surface area contributed by atoms with Gasteiger partial charge in [0.15, 0.2) is 0 Å². The van der Waals surface area contributed by atoms with Gasteiger partial charge in [-0.1, -0.05) is 45.0 Å². The standard InChI is InChI=1S/C17H19NO3/c1-17(2,3)12-7-5-11(6-8-12)14-10-9-13(16(20)21)15(19)18(14)4/h5-10H,1-4H3,(H,20,21). The van der Waals surface area contributed by atoms with Crippen LogP contribution in [0.3, 0.4) is 0 Å². The van der Waals surface area contributed by atoms with Crippen LogP contribution in [0.15, 0.2) is 41.2 Å². The van der Waals surface area contributed by atoms with Crippen molar-refractivity contribution >= 4 is 5.97 Å². The van der Waals surface area contributed by atoms with Crippen LogP contribution in [0.4, 0.5) is 0 Å². The number of benzene rings is 1. The lowest BCUT2D eigenvalue weighted by atomic mass is 9.86. The molecule has 2 rings (SSSR count). The van der Waals surface area contributed by atoms with E-state index in [0.717, 1.165) is 5.56 Å². The van der Waals surface area contributed by atoms with Crippen molar-refractivity contribution in [1.82, 2.24) is 4.57 Å². The number of nitrogens with zero attached hydrogens (tertiary/aromatic N) is 1. The van der Waals surface area contributed by atoms with Gasteiger partial charge in [0.2, 0.25) is 0 Å². The van der Waals surface area contributed by atoms with Crippen LogP contribution in [0.2, 0.25) is 0 Å². The van der Waals surface area contributed by atoms with Crippen molar-refractivity contribution in [2.24, 2.45) is 7.05 Å². The molecule has 0 fully saturated rings. The SMILES string of the molecule is Cn1c(-c2ccc(C(C)(C)C)cc2)ccc(C(=O)O)c1=O. The molecule has 0 amide bonds. The quantitative estimate of drug-likeness (QED) is 0.922. The molecule has 0 aliphatic rings. The van der Waals surface area contributed by atoms with Crippen molar-refractivity contribution < 1.29 is 9.90 Å². The molecule has 2 aromatic rings. The maximum atomic E-state index is 12.0. The highest BCUT2D eigenvalue weighted by Gasteiger charge is 2.15. The Morgan fingerprint density at radius 2 is 1.62 bits per heavy atom. The lowest BCUT2D eigenvalue weighted by molar-refractivity contribution is 0.0694. The first kappa shape index (κ1) is 15.0. The predicted octanol–water partition coefficient (Wildman–Crippen LogP) is 3.05. The van der Waals surface area contributed by atoms with Crippen LogP contribution in [0, 0.1) is 0 Å². The summed E-state index contributed by atoms with van der Waals surface area (Å²) in [5, 5.41) is 8.96. The molecule has 0 spiro atoms. The van der Waals surface area contributed by atoms with Gasteiger partial charge < -0.3 is 9.67 Å². The number of carboxylic acid groups (broad SMARTS) is 1. The molecule has 110 valence electrons. The van der Waals surface area contributed by atoms with Crippen LogP contribution in [0.1, 0.15) is 36.7 Å². The molecule has 0 radical (unpaired) electrons. The van der Waals surface area contributed by atoms with Crippen molar-refractivity contribution in [1.29, 1.82) is 0 Å². The van der Waals surface area contributed by atoms with E-state index in [1.165, 1.54) is 16.2 Å². The largest absolute Gasteiger partial charge is 0.477 e. The second kappa shape index (κ2) is 5.20. The molecular weight excluding hydrogens is 266 g/mol. The number of carboxylic acids is 1. The van der Waals surface area contributed by atoms with E-state index in [9.17, 15) is 9.59 Å². The molecule has 1 aromatic heterocycles. The Bertz CT molecular complexity index is 734. The molecule has 0 aliphatic heterocycles. The van der Waals surface area contributed by atoms with Gasteiger partial charge in [-0.05, 0) is 28.7 Å². The number of pyridine rings is 1. The summed E-state index contributed by atoms with van der Waals surface area (Å²) < 4.78 is 1.37. The first-order chi connectivity index (χ1) is 9.71. The summed E-state index contributed by atoms with van der Waals surface area (Å²) in [6, 6.07) is 11.0. The summed E-state index contributed by atoms with van der Waals surface area (Å²) >= 11 is 0. The van der Waals surface area contributed by atoms with E-state index >= 15 is 0 Å². The zero-order chi connectivity index (χ0) is 15.8. The van der Waals surface area contributed by atoms with Crippen molar-refractivity contribution in [3.63, 3.8) is 0 Å². The lowest BCUT2D eigenvalue weighted by Crippen LogP contribution is -2.25. The summed E-state index contributed by atoms with van der Waals surface area (Å²) in [6.07, 6.45) is 0. The van der Waals surface area contributed by atoms with Gasteiger partial charge in [-0.2, -0.15) is 0 Å². The molecule has 4 nitrogen and oxygen atoms in total. The van der Waals surface area contributed by atoms with E-state index in [1.807, 2.05) is 24.3 Å². The third-order valence-electron chi connectivity index (χ3n) is 3.58. The lowest BCUT2D eigenvalue weighted by Gasteiger charge is -2.19. The van der Waals surface area contributed by atoms with Gasteiger partial charge >= 0.3 is 5.97 Å². The zero-order valence-electron chi connectivity index (χ0n) is 12.7. The van der Waals surface area contributed by atoms with Crippen LogP contribution in [-0.2, 0) is 12.5 Å². The van der Waals surface area contributed by atoms with Gasteiger partial charge in [-0.3, -0.25) is 4.79 Å². The first-order valence-corrected chi connectivity index (χ1v) is 6.76. The minimum Gasteiger partial charge on any atom is -0.477 e. The third kappa shape index (κ3) is 2.89. The molecule has 21 heavy (non-hydrogen) atoms. The van der Waals surface area contributed by atoms with Crippen LogP contribution < -0.4 is 5.56 Å². The van der Waals surface area contributed by atoms with E-state index in [0.29, 0.717) is 5.69 Å². The van der Waals surface area contributed by atoms with Crippen LogP contribution in [0.25, 0.3) is 11.3 Å². The molecule has 0 aliphatic carbocycles. The summed E-state index contributed by atoms with van der Waals surface area (Å²) in [4.78, 5) is 23.0. The van der Waals surface area contributed by atoms with Gasteiger partial charge in [0, 0.05) is 7.05 Å². The maximum absolute atomic E-state index is 12.0. The van der Waals surface area contributed by atoms with Crippen LogP contribution in [-0.4, -0.2) is 15.6 Å².